The predicted molar refractivity (Wildman–Crippen MR) is 72.3 cm³/mol. The molecule has 0 atom stereocenters. The molecule has 3 N–H and O–H groups in total. The second kappa shape index (κ2) is 7.56. The van der Waals surface area contributed by atoms with Crippen LogP contribution in [0, 0.1) is 0 Å². The lowest BCUT2D eigenvalue weighted by atomic mass is 10.0. The maximum atomic E-state index is 5.57. The molecule has 1 aliphatic heterocycles. The average Bonchev–Trinajstić information content (AvgIpc) is 2.34. The number of hydrogen-bond donors (Lipinski definition) is 2. The Kier molecular flexibility index (Phi) is 6.38. The molecule has 0 amide bonds. The van der Waals surface area contributed by atoms with Crippen LogP contribution < -0.4 is 11.3 Å². The lowest BCUT2D eigenvalue weighted by Crippen LogP contribution is -2.60. The third-order valence-corrected chi connectivity index (χ3v) is 2.94. The topological polar surface area (TPSA) is 72.1 Å². The van der Waals surface area contributed by atoms with E-state index in [0.717, 1.165) is 32.1 Å². The van der Waals surface area contributed by atoms with Gasteiger partial charge in [0.05, 0.1) is 18.8 Å². The first-order valence-corrected chi connectivity index (χ1v) is 6.56. The molecule has 0 aromatic carbocycles. The predicted octanol–water partition coefficient (Wildman–Crippen LogP) is 0.343. The van der Waals surface area contributed by atoms with Gasteiger partial charge in [-0.05, 0) is 27.2 Å². The fraction of sp³-hybridized carbons (Fsp3) is 0.917. The van der Waals surface area contributed by atoms with Gasteiger partial charge in [0.1, 0.15) is 0 Å². The van der Waals surface area contributed by atoms with Gasteiger partial charge in [0.2, 0.25) is 5.96 Å². The van der Waals surface area contributed by atoms with Crippen LogP contribution in [-0.4, -0.2) is 55.9 Å². The number of nitrogens with one attached hydrogen (secondary N) is 1. The Bertz CT molecular complexity index is 269. The van der Waals surface area contributed by atoms with Crippen molar-refractivity contribution in [2.24, 2.45) is 10.8 Å². The number of hydrogen-bond acceptors (Lipinski definition) is 4. The second-order valence-corrected chi connectivity index (χ2v) is 4.92. The molecule has 0 unspecified atom stereocenters. The summed E-state index contributed by atoms with van der Waals surface area (Å²) in [5.74, 6) is 6.31. The second-order valence-electron chi connectivity index (χ2n) is 4.92. The zero-order chi connectivity index (χ0) is 13.4. The zero-order valence-electron chi connectivity index (χ0n) is 11.7. The highest BCUT2D eigenvalue weighted by Gasteiger charge is 2.32. The largest absolute Gasteiger partial charge is 0.382 e. The Morgan fingerprint density at radius 1 is 1.56 bits per heavy atom. The molecule has 1 saturated heterocycles. The van der Waals surface area contributed by atoms with Gasteiger partial charge in [0.15, 0.2) is 0 Å². The molecule has 0 spiro atoms. The molecule has 0 aromatic heterocycles. The fourth-order valence-corrected chi connectivity index (χ4v) is 1.96. The van der Waals surface area contributed by atoms with Crippen LogP contribution in [0.15, 0.2) is 4.99 Å². The SMILES string of the molecule is CCOCCCN=C(NN)N1CCOCC1(C)C. The van der Waals surface area contributed by atoms with Gasteiger partial charge in [-0.1, -0.05) is 0 Å². The van der Waals surface area contributed by atoms with Crippen LogP contribution in [0.1, 0.15) is 27.2 Å². The molecule has 18 heavy (non-hydrogen) atoms. The monoisotopic (exact) mass is 258 g/mol. The third kappa shape index (κ3) is 4.44. The number of guanidine groups is 1. The van der Waals surface area contributed by atoms with Crippen molar-refractivity contribution in [3.05, 3.63) is 0 Å². The van der Waals surface area contributed by atoms with E-state index in [1.54, 1.807) is 0 Å². The summed E-state index contributed by atoms with van der Waals surface area (Å²) in [6.07, 6.45) is 0.907. The van der Waals surface area contributed by atoms with Crippen LogP contribution in [0.3, 0.4) is 0 Å². The summed E-state index contributed by atoms with van der Waals surface area (Å²) in [6.45, 7) is 10.7. The van der Waals surface area contributed by atoms with E-state index in [1.165, 1.54) is 0 Å². The summed E-state index contributed by atoms with van der Waals surface area (Å²) in [5, 5.41) is 0. The molecule has 0 aliphatic carbocycles. The zero-order valence-corrected chi connectivity index (χ0v) is 11.7. The van der Waals surface area contributed by atoms with Crippen molar-refractivity contribution in [1.29, 1.82) is 0 Å². The van der Waals surface area contributed by atoms with Crippen molar-refractivity contribution >= 4 is 5.96 Å². The lowest BCUT2D eigenvalue weighted by Gasteiger charge is -2.43. The molecular weight excluding hydrogens is 232 g/mol. The summed E-state index contributed by atoms with van der Waals surface area (Å²) >= 11 is 0. The highest BCUT2D eigenvalue weighted by molar-refractivity contribution is 5.80. The number of aliphatic imine (C=N–C) groups is 1. The molecule has 1 rings (SSSR count). The van der Waals surface area contributed by atoms with Crippen LogP contribution in [0.5, 0.6) is 0 Å². The molecule has 0 radical (unpaired) electrons. The molecule has 0 bridgehead atoms. The first-order valence-electron chi connectivity index (χ1n) is 6.56. The Morgan fingerprint density at radius 2 is 2.33 bits per heavy atom. The minimum atomic E-state index is -0.0800. The quantitative estimate of drug-likeness (QED) is 0.245. The van der Waals surface area contributed by atoms with Crippen LogP contribution in [0.25, 0.3) is 0 Å². The van der Waals surface area contributed by atoms with Gasteiger partial charge >= 0.3 is 0 Å². The number of nitrogens with two attached hydrogens (primary N) is 1. The molecule has 106 valence electrons. The number of rotatable bonds is 5. The van der Waals surface area contributed by atoms with E-state index in [9.17, 15) is 0 Å². The highest BCUT2D eigenvalue weighted by atomic mass is 16.5. The first-order chi connectivity index (χ1) is 8.61. The van der Waals surface area contributed by atoms with E-state index < -0.39 is 0 Å². The maximum absolute atomic E-state index is 5.57. The number of ether oxygens (including phenoxy) is 2. The first kappa shape index (κ1) is 15.2. The molecule has 6 nitrogen and oxygen atoms in total. The van der Waals surface area contributed by atoms with Crippen molar-refractivity contribution in [3.63, 3.8) is 0 Å². The van der Waals surface area contributed by atoms with Gasteiger partial charge in [0.25, 0.3) is 0 Å². The van der Waals surface area contributed by atoms with Gasteiger partial charge in [-0.2, -0.15) is 0 Å². The molecule has 1 fully saturated rings. The minimum Gasteiger partial charge on any atom is -0.382 e. The highest BCUT2D eigenvalue weighted by Crippen LogP contribution is 2.18. The van der Waals surface area contributed by atoms with Crippen LogP contribution >= 0.6 is 0 Å². The summed E-state index contributed by atoms with van der Waals surface area (Å²) in [6, 6.07) is 0. The van der Waals surface area contributed by atoms with E-state index in [1.807, 2.05) is 6.92 Å². The summed E-state index contributed by atoms with van der Waals surface area (Å²) in [4.78, 5) is 6.67. The Morgan fingerprint density at radius 3 is 2.94 bits per heavy atom. The van der Waals surface area contributed by atoms with E-state index in [-0.39, 0.29) is 5.54 Å². The van der Waals surface area contributed by atoms with E-state index in [0.29, 0.717) is 19.8 Å². The average molecular weight is 258 g/mol. The van der Waals surface area contributed by atoms with E-state index >= 15 is 0 Å². The van der Waals surface area contributed by atoms with Gasteiger partial charge in [-0.3, -0.25) is 10.4 Å². The summed E-state index contributed by atoms with van der Waals surface area (Å²) < 4.78 is 10.8. The van der Waals surface area contributed by atoms with Crippen molar-refractivity contribution in [3.8, 4) is 0 Å². The standard InChI is InChI=1S/C12H26N4O2/c1-4-17-8-5-6-14-11(15-13)16-7-9-18-10-12(16,2)3/h4-10,13H2,1-3H3,(H,14,15). The van der Waals surface area contributed by atoms with Crippen molar-refractivity contribution < 1.29 is 9.47 Å². The number of hydrazine groups is 1. The summed E-state index contributed by atoms with van der Waals surface area (Å²) in [5.41, 5.74) is 2.62. The van der Waals surface area contributed by atoms with Crippen molar-refractivity contribution in [1.82, 2.24) is 10.3 Å². The molecular formula is C12H26N4O2. The molecule has 0 saturated carbocycles. The number of morpholine rings is 1. The van der Waals surface area contributed by atoms with Gasteiger partial charge in [0, 0.05) is 26.3 Å². The minimum absolute atomic E-state index is 0.0800. The van der Waals surface area contributed by atoms with E-state index in [2.05, 4.69) is 29.2 Å². The number of nitrogens with zero attached hydrogens (tertiary/aromatic N) is 2. The molecule has 6 heteroatoms. The maximum Gasteiger partial charge on any atom is 0.209 e. The van der Waals surface area contributed by atoms with Crippen molar-refractivity contribution in [2.75, 3.05) is 39.5 Å². The van der Waals surface area contributed by atoms with Crippen molar-refractivity contribution in [2.45, 2.75) is 32.7 Å². The van der Waals surface area contributed by atoms with Gasteiger partial charge in [-0.25, -0.2) is 5.84 Å². The normalized spacial score (nSPS) is 20.0. The fourth-order valence-electron chi connectivity index (χ4n) is 1.96. The molecule has 1 heterocycles. The van der Waals surface area contributed by atoms with Crippen LogP contribution in [-0.2, 0) is 9.47 Å². The molecule has 1 aliphatic rings. The third-order valence-electron chi connectivity index (χ3n) is 2.94. The molecule has 0 aromatic rings. The van der Waals surface area contributed by atoms with Gasteiger partial charge in [-0.15, -0.1) is 0 Å². The van der Waals surface area contributed by atoms with Crippen LogP contribution in [0.2, 0.25) is 0 Å². The Hall–Kier alpha value is -0.850. The smallest absolute Gasteiger partial charge is 0.209 e. The summed E-state index contributed by atoms with van der Waals surface area (Å²) in [7, 11) is 0. The lowest BCUT2D eigenvalue weighted by molar-refractivity contribution is -0.0168. The Balaban J connectivity index is 2.50. The Labute approximate surface area is 109 Å². The van der Waals surface area contributed by atoms with Crippen LogP contribution in [0.4, 0.5) is 0 Å². The van der Waals surface area contributed by atoms with E-state index in [4.69, 9.17) is 15.3 Å². The van der Waals surface area contributed by atoms with Gasteiger partial charge < -0.3 is 14.4 Å².